The van der Waals surface area contributed by atoms with Gasteiger partial charge in [-0.2, -0.15) is 0 Å². The number of pyridine rings is 1. The molecule has 0 aliphatic rings. The molecule has 1 aromatic heterocycles. The lowest BCUT2D eigenvalue weighted by Crippen LogP contribution is -2.31. The molecule has 0 radical (unpaired) electrons. The van der Waals surface area contributed by atoms with Gasteiger partial charge in [0.05, 0.1) is 5.02 Å². The summed E-state index contributed by atoms with van der Waals surface area (Å²) in [5.41, 5.74) is 0.109. The Bertz CT molecular complexity index is 726. The van der Waals surface area contributed by atoms with Gasteiger partial charge in [-0.15, -0.1) is 0 Å². The summed E-state index contributed by atoms with van der Waals surface area (Å²) in [6.45, 7) is 1.58. The summed E-state index contributed by atoms with van der Waals surface area (Å²) in [6, 6.07) is 7.23. The molecule has 21 heavy (non-hydrogen) atoms. The molecule has 7 heteroatoms. The topological polar surface area (TPSA) is 51.1 Å². The predicted molar refractivity (Wildman–Crippen MR) is 85.5 cm³/mol. The van der Waals surface area contributed by atoms with E-state index in [0.717, 1.165) is 0 Å². The van der Waals surface area contributed by atoms with Crippen LogP contribution in [0.3, 0.4) is 0 Å². The summed E-state index contributed by atoms with van der Waals surface area (Å²) < 4.78 is 1.19. The highest BCUT2D eigenvalue weighted by Crippen LogP contribution is 2.17. The minimum atomic E-state index is -0.760. The number of anilines is 1. The minimum Gasteiger partial charge on any atom is -0.324 e. The van der Waals surface area contributed by atoms with Crippen LogP contribution in [-0.4, -0.2) is 10.5 Å². The molecule has 1 N–H and O–H groups in total. The van der Waals surface area contributed by atoms with Gasteiger partial charge in [-0.05, 0) is 37.3 Å². The Hall–Kier alpha value is -1.49. The van der Waals surface area contributed by atoms with E-state index in [1.54, 1.807) is 31.2 Å². The number of carbonyl (C=O) groups excluding carboxylic acids is 1. The van der Waals surface area contributed by atoms with E-state index in [0.29, 0.717) is 10.7 Å². The molecule has 1 aromatic carbocycles. The molecule has 0 bridgehead atoms. The summed E-state index contributed by atoms with van der Waals surface area (Å²) in [7, 11) is 0. The first-order valence-electron chi connectivity index (χ1n) is 6.02. The molecule has 1 amide bonds. The first-order chi connectivity index (χ1) is 9.88. The van der Waals surface area contributed by atoms with Gasteiger partial charge in [0.2, 0.25) is 5.91 Å². The molecule has 0 saturated heterocycles. The second kappa shape index (κ2) is 6.52. The molecule has 0 aliphatic heterocycles. The fraction of sp³-hybridized carbons (Fsp3) is 0.143. The standard InChI is InChI=1S/C14H11Cl3N2O2/c1-8(19-7-10(16)6-12(17)14(19)21)13(20)18-11-4-2-9(15)3-5-11/h2-8H,1H3,(H,18,20). The van der Waals surface area contributed by atoms with E-state index >= 15 is 0 Å². The zero-order valence-corrected chi connectivity index (χ0v) is 13.2. The first-order valence-corrected chi connectivity index (χ1v) is 7.15. The second-order valence-corrected chi connectivity index (χ2v) is 5.67. The smallest absolute Gasteiger partial charge is 0.270 e. The number of benzene rings is 1. The van der Waals surface area contributed by atoms with Crippen molar-refractivity contribution in [2.45, 2.75) is 13.0 Å². The zero-order chi connectivity index (χ0) is 15.6. The average Bonchev–Trinajstić information content (AvgIpc) is 2.44. The number of nitrogens with zero attached hydrogens (tertiary/aromatic N) is 1. The Morgan fingerprint density at radius 1 is 1.14 bits per heavy atom. The van der Waals surface area contributed by atoms with Crippen molar-refractivity contribution < 1.29 is 4.79 Å². The SMILES string of the molecule is CC(C(=O)Nc1ccc(Cl)cc1)n1cc(Cl)cc(Cl)c1=O. The highest BCUT2D eigenvalue weighted by atomic mass is 35.5. The van der Waals surface area contributed by atoms with Crippen LogP contribution in [0.5, 0.6) is 0 Å². The van der Waals surface area contributed by atoms with Crippen molar-refractivity contribution in [2.24, 2.45) is 0 Å². The molecule has 1 unspecified atom stereocenters. The van der Waals surface area contributed by atoms with Gasteiger partial charge in [0.15, 0.2) is 0 Å². The molecule has 0 saturated carbocycles. The maximum atomic E-state index is 12.2. The Kier molecular flexibility index (Phi) is 4.93. The molecule has 110 valence electrons. The number of aromatic nitrogens is 1. The maximum absolute atomic E-state index is 12.2. The third kappa shape index (κ3) is 3.79. The Balaban J connectivity index is 2.23. The summed E-state index contributed by atoms with van der Waals surface area (Å²) in [6.07, 6.45) is 1.38. The van der Waals surface area contributed by atoms with Crippen molar-refractivity contribution in [1.29, 1.82) is 0 Å². The minimum absolute atomic E-state index is 0.0337. The number of halogens is 3. The van der Waals surface area contributed by atoms with E-state index in [1.165, 1.54) is 16.8 Å². The highest BCUT2D eigenvalue weighted by Gasteiger charge is 2.18. The van der Waals surface area contributed by atoms with Crippen LogP contribution in [0.1, 0.15) is 13.0 Å². The van der Waals surface area contributed by atoms with Gasteiger partial charge in [0.1, 0.15) is 11.1 Å². The van der Waals surface area contributed by atoms with Gasteiger partial charge in [-0.1, -0.05) is 34.8 Å². The second-order valence-electron chi connectivity index (χ2n) is 4.39. The van der Waals surface area contributed by atoms with E-state index < -0.39 is 11.6 Å². The third-order valence-corrected chi connectivity index (χ3v) is 3.60. The normalized spacial score (nSPS) is 12.0. The third-order valence-electron chi connectivity index (χ3n) is 2.87. The number of nitrogens with one attached hydrogen (secondary N) is 1. The fourth-order valence-electron chi connectivity index (χ4n) is 1.73. The van der Waals surface area contributed by atoms with Gasteiger partial charge >= 0.3 is 0 Å². The zero-order valence-electron chi connectivity index (χ0n) is 10.9. The molecule has 0 aliphatic carbocycles. The van der Waals surface area contributed by atoms with Gasteiger partial charge in [-0.3, -0.25) is 9.59 Å². The van der Waals surface area contributed by atoms with Crippen LogP contribution in [0.25, 0.3) is 0 Å². The van der Waals surface area contributed by atoms with Crippen LogP contribution in [0.15, 0.2) is 41.3 Å². The lowest BCUT2D eigenvalue weighted by Gasteiger charge is -2.15. The highest BCUT2D eigenvalue weighted by molar-refractivity contribution is 6.34. The predicted octanol–water partition coefficient (Wildman–Crippen LogP) is 4.01. The van der Waals surface area contributed by atoms with Gasteiger partial charge < -0.3 is 9.88 Å². The van der Waals surface area contributed by atoms with Crippen LogP contribution >= 0.6 is 34.8 Å². The molecular weight excluding hydrogens is 335 g/mol. The van der Waals surface area contributed by atoms with Crippen molar-refractivity contribution in [3.63, 3.8) is 0 Å². The van der Waals surface area contributed by atoms with E-state index in [2.05, 4.69) is 5.32 Å². The molecule has 0 fully saturated rings. The van der Waals surface area contributed by atoms with E-state index in [4.69, 9.17) is 34.8 Å². The molecule has 4 nitrogen and oxygen atoms in total. The van der Waals surface area contributed by atoms with Crippen molar-refractivity contribution in [1.82, 2.24) is 4.57 Å². The maximum Gasteiger partial charge on any atom is 0.270 e. The quantitative estimate of drug-likeness (QED) is 0.914. The van der Waals surface area contributed by atoms with Crippen molar-refractivity contribution in [2.75, 3.05) is 5.32 Å². The molecule has 2 aromatic rings. The van der Waals surface area contributed by atoms with Crippen LogP contribution < -0.4 is 10.9 Å². The lowest BCUT2D eigenvalue weighted by atomic mass is 10.2. The van der Waals surface area contributed by atoms with E-state index in [1.807, 2.05) is 0 Å². The number of hydrogen-bond donors (Lipinski definition) is 1. The van der Waals surface area contributed by atoms with Crippen molar-refractivity contribution >= 4 is 46.4 Å². The van der Waals surface area contributed by atoms with E-state index in [9.17, 15) is 9.59 Å². The molecule has 2 rings (SSSR count). The summed E-state index contributed by atoms with van der Waals surface area (Å²) in [5.74, 6) is -0.363. The lowest BCUT2D eigenvalue weighted by molar-refractivity contribution is -0.118. The largest absolute Gasteiger partial charge is 0.324 e. The van der Waals surface area contributed by atoms with Crippen LogP contribution in [-0.2, 0) is 4.79 Å². The van der Waals surface area contributed by atoms with Gasteiger partial charge in [0, 0.05) is 16.9 Å². The van der Waals surface area contributed by atoms with Gasteiger partial charge in [0.25, 0.3) is 5.56 Å². The Morgan fingerprint density at radius 2 is 1.76 bits per heavy atom. The number of rotatable bonds is 3. The van der Waals surface area contributed by atoms with E-state index in [-0.39, 0.29) is 16.0 Å². The van der Waals surface area contributed by atoms with Crippen LogP contribution in [0.4, 0.5) is 5.69 Å². The van der Waals surface area contributed by atoms with Crippen LogP contribution in [0, 0.1) is 0 Å². The molecule has 1 heterocycles. The number of hydrogen-bond acceptors (Lipinski definition) is 2. The Labute approximate surface area is 136 Å². The molecule has 0 spiro atoms. The summed E-state index contributed by atoms with van der Waals surface area (Å²) >= 11 is 17.4. The fourth-order valence-corrected chi connectivity index (χ4v) is 2.34. The van der Waals surface area contributed by atoms with Gasteiger partial charge in [-0.25, -0.2) is 0 Å². The average molecular weight is 346 g/mol. The molecule has 1 atom stereocenters. The number of carbonyl (C=O) groups is 1. The number of amides is 1. The summed E-state index contributed by atoms with van der Waals surface area (Å²) in [5, 5.41) is 3.51. The van der Waals surface area contributed by atoms with Crippen molar-refractivity contribution in [3.8, 4) is 0 Å². The summed E-state index contributed by atoms with van der Waals surface area (Å²) in [4.78, 5) is 24.1. The first kappa shape index (κ1) is 15.9. The monoisotopic (exact) mass is 344 g/mol. The van der Waals surface area contributed by atoms with Crippen LogP contribution in [0.2, 0.25) is 15.1 Å². The molecular formula is C14H11Cl3N2O2. The van der Waals surface area contributed by atoms with Crippen molar-refractivity contribution in [3.05, 3.63) is 62.0 Å². The Morgan fingerprint density at radius 3 is 2.38 bits per heavy atom.